The van der Waals surface area contributed by atoms with Gasteiger partial charge in [0.2, 0.25) is 0 Å². The number of aromatic nitrogens is 1. The third kappa shape index (κ3) is 4.86. The molecule has 1 aromatic heterocycles. The molecule has 0 unspecified atom stereocenters. The second-order valence-corrected chi connectivity index (χ2v) is 7.67. The maximum Gasteiger partial charge on any atom is 0.339 e. The van der Waals surface area contributed by atoms with Gasteiger partial charge in [-0.3, -0.25) is 4.79 Å². The van der Waals surface area contributed by atoms with Gasteiger partial charge in [0, 0.05) is 10.9 Å². The summed E-state index contributed by atoms with van der Waals surface area (Å²) in [6, 6.07) is 16.5. The Morgan fingerprint density at radius 3 is 2.52 bits per heavy atom. The van der Waals surface area contributed by atoms with Crippen molar-refractivity contribution in [3.63, 3.8) is 0 Å². The number of carbonyl (C=O) groups is 2. The second-order valence-electron chi connectivity index (χ2n) is 7.67. The van der Waals surface area contributed by atoms with Crippen LogP contribution in [0, 0.1) is 23.1 Å². The van der Waals surface area contributed by atoms with E-state index < -0.39 is 24.0 Å². The van der Waals surface area contributed by atoms with E-state index in [9.17, 15) is 19.2 Å². The molecule has 6 nitrogen and oxygen atoms in total. The molecule has 2 aromatic carbocycles. The summed E-state index contributed by atoms with van der Waals surface area (Å²) < 4.78 is 18.5. The number of halogens is 1. The van der Waals surface area contributed by atoms with E-state index in [4.69, 9.17) is 4.74 Å². The number of benzene rings is 2. The van der Waals surface area contributed by atoms with Gasteiger partial charge in [0.1, 0.15) is 11.4 Å². The highest BCUT2D eigenvalue weighted by atomic mass is 19.1. The summed E-state index contributed by atoms with van der Waals surface area (Å²) in [5.41, 5.74) is 0.859. The highest BCUT2D eigenvalue weighted by molar-refractivity contribution is 6.05. The normalized spacial score (nSPS) is 12.8. The topological polar surface area (TPSA) is 92.1 Å². The van der Waals surface area contributed by atoms with Gasteiger partial charge in [-0.2, -0.15) is 5.26 Å². The number of ether oxygens (including phenoxy) is 1. The van der Waals surface area contributed by atoms with E-state index in [-0.39, 0.29) is 17.3 Å². The van der Waals surface area contributed by atoms with Crippen molar-refractivity contribution in [1.82, 2.24) is 10.3 Å². The fourth-order valence-electron chi connectivity index (χ4n) is 2.95. The third-order valence-corrected chi connectivity index (χ3v) is 5.20. The monoisotopic (exact) mass is 419 g/mol. The molecule has 0 aliphatic heterocycles. The first-order valence-corrected chi connectivity index (χ1v) is 9.78. The first kappa shape index (κ1) is 21.9. The minimum Gasteiger partial charge on any atom is -0.452 e. The SMILES string of the molecule is CC(C)[C@@](C)(C#N)NC(=O)COC(=O)c1cc(-c2ccc(F)cc2)nc2ccccc12. The van der Waals surface area contributed by atoms with Crippen LogP contribution in [0.25, 0.3) is 22.2 Å². The number of hydrogen-bond acceptors (Lipinski definition) is 5. The van der Waals surface area contributed by atoms with E-state index in [1.54, 1.807) is 49.4 Å². The molecule has 31 heavy (non-hydrogen) atoms. The number of nitrogens with one attached hydrogen (secondary N) is 1. The van der Waals surface area contributed by atoms with Crippen LogP contribution in [0.5, 0.6) is 0 Å². The Hall–Kier alpha value is -3.79. The van der Waals surface area contributed by atoms with Crippen LogP contribution < -0.4 is 5.32 Å². The van der Waals surface area contributed by atoms with Gasteiger partial charge in [-0.1, -0.05) is 32.0 Å². The molecular formula is C24H22FN3O3. The Balaban J connectivity index is 1.86. The van der Waals surface area contributed by atoms with Gasteiger partial charge in [0.15, 0.2) is 6.61 Å². The van der Waals surface area contributed by atoms with Gasteiger partial charge in [0.05, 0.1) is 22.8 Å². The summed E-state index contributed by atoms with van der Waals surface area (Å²) in [4.78, 5) is 29.6. The molecule has 1 amide bonds. The molecule has 0 bridgehead atoms. The van der Waals surface area contributed by atoms with E-state index in [1.807, 2.05) is 13.8 Å². The molecule has 3 rings (SSSR count). The summed E-state index contributed by atoms with van der Waals surface area (Å²) >= 11 is 0. The molecule has 0 aliphatic rings. The molecule has 7 heteroatoms. The van der Waals surface area contributed by atoms with Crippen LogP contribution in [0.3, 0.4) is 0 Å². The van der Waals surface area contributed by atoms with Crippen LogP contribution in [0.15, 0.2) is 54.6 Å². The Morgan fingerprint density at radius 2 is 1.87 bits per heavy atom. The lowest BCUT2D eigenvalue weighted by Crippen LogP contribution is -2.50. The smallest absolute Gasteiger partial charge is 0.339 e. The average Bonchev–Trinajstić information content (AvgIpc) is 2.77. The average molecular weight is 419 g/mol. The first-order valence-electron chi connectivity index (χ1n) is 9.78. The molecule has 1 N–H and O–H groups in total. The molecule has 3 aromatic rings. The zero-order valence-corrected chi connectivity index (χ0v) is 17.5. The van der Waals surface area contributed by atoms with Gasteiger partial charge in [-0.15, -0.1) is 0 Å². The largest absolute Gasteiger partial charge is 0.452 e. The van der Waals surface area contributed by atoms with Crippen molar-refractivity contribution in [3.8, 4) is 17.3 Å². The Bertz CT molecular complexity index is 1170. The fraction of sp³-hybridized carbons (Fsp3) is 0.250. The summed E-state index contributed by atoms with van der Waals surface area (Å²) in [6.45, 7) is 4.72. The predicted octanol–water partition coefficient (Wildman–Crippen LogP) is 4.25. The number of carbonyl (C=O) groups excluding carboxylic acids is 2. The summed E-state index contributed by atoms with van der Waals surface area (Å²) in [7, 11) is 0. The summed E-state index contributed by atoms with van der Waals surface area (Å²) in [6.07, 6.45) is 0. The molecule has 0 spiro atoms. The van der Waals surface area contributed by atoms with Crippen molar-refractivity contribution in [2.75, 3.05) is 6.61 Å². The van der Waals surface area contributed by atoms with Crippen molar-refractivity contribution in [2.24, 2.45) is 5.92 Å². The Kier molecular flexibility index (Phi) is 6.30. The van der Waals surface area contributed by atoms with Crippen molar-refractivity contribution >= 4 is 22.8 Å². The lowest BCUT2D eigenvalue weighted by Gasteiger charge is -2.27. The minimum absolute atomic E-state index is 0.125. The number of rotatable bonds is 6. The molecule has 158 valence electrons. The first-order chi connectivity index (χ1) is 14.7. The molecule has 0 saturated carbocycles. The van der Waals surface area contributed by atoms with E-state index >= 15 is 0 Å². The van der Waals surface area contributed by atoms with Gasteiger partial charge < -0.3 is 10.1 Å². The van der Waals surface area contributed by atoms with E-state index in [2.05, 4.69) is 16.4 Å². The summed E-state index contributed by atoms with van der Waals surface area (Å²) in [5.74, 6) is -1.76. The zero-order valence-electron chi connectivity index (χ0n) is 17.5. The number of hydrogen-bond donors (Lipinski definition) is 1. The third-order valence-electron chi connectivity index (χ3n) is 5.20. The molecule has 0 radical (unpaired) electrons. The maximum atomic E-state index is 13.3. The predicted molar refractivity (Wildman–Crippen MR) is 114 cm³/mol. The second kappa shape index (κ2) is 8.92. The number of pyridine rings is 1. The molecular weight excluding hydrogens is 397 g/mol. The Morgan fingerprint density at radius 1 is 1.19 bits per heavy atom. The van der Waals surface area contributed by atoms with E-state index in [0.29, 0.717) is 22.2 Å². The number of nitrogens with zero attached hydrogens (tertiary/aromatic N) is 2. The van der Waals surface area contributed by atoms with Crippen LogP contribution in [-0.2, 0) is 9.53 Å². The Labute approximate surface area is 179 Å². The van der Waals surface area contributed by atoms with Gasteiger partial charge in [-0.25, -0.2) is 14.2 Å². The van der Waals surface area contributed by atoms with Gasteiger partial charge in [0.25, 0.3) is 5.91 Å². The quantitative estimate of drug-likeness (QED) is 0.603. The molecule has 0 saturated heterocycles. The molecule has 0 aliphatic carbocycles. The zero-order chi connectivity index (χ0) is 22.6. The number of fused-ring (bicyclic) bond motifs is 1. The molecule has 1 heterocycles. The highest BCUT2D eigenvalue weighted by Gasteiger charge is 2.30. The van der Waals surface area contributed by atoms with Crippen LogP contribution >= 0.6 is 0 Å². The maximum absolute atomic E-state index is 13.3. The van der Waals surface area contributed by atoms with Crippen molar-refractivity contribution < 1.29 is 18.7 Å². The van der Waals surface area contributed by atoms with Crippen LogP contribution in [-0.4, -0.2) is 29.0 Å². The lowest BCUT2D eigenvalue weighted by molar-refractivity contribution is -0.125. The van der Waals surface area contributed by atoms with Gasteiger partial charge in [-0.05, 0) is 49.2 Å². The highest BCUT2D eigenvalue weighted by Crippen LogP contribution is 2.25. The van der Waals surface area contributed by atoms with Crippen LogP contribution in [0.4, 0.5) is 4.39 Å². The van der Waals surface area contributed by atoms with E-state index in [1.165, 1.54) is 12.1 Å². The summed E-state index contributed by atoms with van der Waals surface area (Å²) in [5, 5.41) is 12.5. The van der Waals surface area contributed by atoms with Crippen LogP contribution in [0.1, 0.15) is 31.1 Å². The fourth-order valence-corrected chi connectivity index (χ4v) is 2.95. The van der Waals surface area contributed by atoms with E-state index in [0.717, 1.165) is 0 Å². The van der Waals surface area contributed by atoms with Crippen molar-refractivity contribution in [2.45, 2.75) is 26.3 Å². The standard InChI is InChI=1S/C24H22FN3O3/c1-15(2)24(3,14-26)28-22(29)13-31-23(30)19-12-21(16-8-10-17(25)11-9-16)27-20-7-5-4-6-18(19)20/h4-12,15H,13H2,1-3H3,(H,28,29)/t24-/m1/s1. The van der Waals surface area contributed by atoms with Crippen molar-refractivity contribution in [3.05, 3.63) is 66.0 Å². The number of amides is 1. The minimum atomic E-state index is -1.07. The number of para-hydroxylation sites is 1. The molecule has 0 fully saturated rings. The lowest BCUT2D eigenvalue weighted by atomic mass is 9.90. The van der Waals surface area contributed by atoms with Gasteiger partial charge >= 0.3 is 5.97 Å². The van der Waals surface area contributed by atoms with Crippen LogP contribution in [0.2, 0.25) is 0 Å². The van der Waals surface area contributed by atoms with Crippen molar-refractivity contribution in [1.29, 1.82) is 5.26 Å². The molecule has 1 atom stereocenters. The number of nitriles is 1. The number of esters is 1.